The molecule has 4 nitrogen and oxygen atoms in total. The van der Waals surface area contributed by atoms with Gasteiger partial charge in [0.25, 0.3) is 0 Å². The quantitative estimate of drug-likeness (QED) is 0.281. The molecule has 5 heteroatoms. The van der Waals surface area contributed by atoms with Gasteiger partial charge in [0.15, 0.2) is 23.6 Å². The average molecular weight is 336 g/mol. The van der Waals surface area contributed by atoms with E-state index in [1.165, 1.54) is 44.1 Å². The molecule has 0 N–H and O–H groups in total. The van der Waals surface area contributed by atoms with Gasteiger partial charge in [-0.1, -0.05) is 18.2 Å². The Morgan fingerprint density at radius 3 is 2.77 bits per heavy atom. The molecule has 0 unspecified atom stereocenters. The second kappa shape index (κ2) is 4.76. The van der Waals surface area contributed by atoms with Crippen molar-refractivity contribution in [3.8, 4) is 11.1 Å². The second-order valence-electron chi connectivity index (χ2n) is 7.32. The first-order chi connectivity index (χ1) is 12.7. The molecular formula is C21H17BN4+2. The Balaban J connectivity index is 1.87. The van der Waals surface area contributed by atoms with Gasteiger partial charge in [-0.2, -0.15) is 0 Å². The predicted molar refractivity (Wildman–Crippen MR) is 101 cm³/mol. The van der Waals surface area contributed by atoms with Gasteiger partial charge in [0.2, 0.25) is 0 Å². The van der Waals surface area contributed by atoms with Crippen molar-refractivity contribution in [1.82, 2.24) is 9.97 Å². The lowest BCUT2D eigenvalue weighted by Gasteiger charge is -2.28. The zero-order valence-electron chi connectivity index (χ0n) is 14.8. The lowest BCUT2D eigenvalue weighted by molar-refractivity contribution is -0.658. The van der Waals surface area contributed by atoms with Gasteiger partial charge in [-0.25, -0.2) is 14.1 Å². The number of pyridine rings is 2. The highest BCUT2D eigenvalue weighted by Gasteiger charge is 2.49. The molecule has 1 aromatic carbocycles. The van der Waals surface area contributed by atoms with Crippen molar-refractivity contribution in [1.29, 1.82) is 0 Å². The maximum Gasteiger partial charge on any atom is 0.410 e. The minimum absolute atomic E-state index is 0.189. The summed E-state index contributed by atoms with van der Waals surface area (Å²) in [4.78, 5) is 9.30. The molecule has 2 aliphatic rings. The summed E-state index contributed by atoms with van der Waals surface area (Å²) in [6.07, 6.45) is 11.1. The van der Waals surface area contributed by atoms with Gasteiger partial charge < -0.3 is 0 Å². The van der Waals surface area contributed by atoms with Crippen LogP contribution in [0.5, 0.6) is 0 Å². The maximum absolute atomic E-state index is 4.72. The summed E-state index contributed by atoms with van der Waals surface area (Å²) in [6, 6.07) is 8.80. The molecule has 0 radical (unpaired) electrons. The molecule has 0 amide bonds. The smallest absolute Gasteiger partial charge is 0.264 e. The number of benzene rings is 1. The largest absolute Gasteiger partial charge is 0.410 e. The third-order valence-corrected chi connectivity index (χ3v) is 5.96. The molecule has 0 bridgehead atoms. The van der Waals surface area contributed by atoms with Crippen LogP contribution in [0, 0.1) is 0 Å². The number of rotatable bonds is 0. The highest BCUT2D eigenvalue weighted by atomic mass is 15.0. The van der Waals surface area contributed by atoms with E-state index >= 15 is 0 Å². The van der Waals surface area contributed by atoms with Crippen LogP contribution in [0.25, 0.3) is 21.9 Å². The Kier molecular flexibility index (Phi) is 2.59. The van der Waals surface area contributed by atoms with Gasteiger partial charge in [-0.05, 0) is 27.5 Å². The molecule has 0 fully saturated rings. The van der Waals surface area contributed by atoms with Crippen molar-refractivity contribution in [3.63, 3.8) is 0 Å². The van der Waals surface area contributed by atoms with Crippen molar-refractivity contribution in [2.24, 2.45) is 14.1 Å². The van der Waals surface area contributed by atoms with Gasteiger partial charge in [-0.15, -0.1) is 0 Å². The minimum Gasteiger partial charge on any atom is -0.264 e. The van der Waals surface area contributed by atoms with Gasteiger partial charge >= 0.3 is 6.71 Å². The molecule has 0 spiro atoms. The van der Waals surface area contributed by atoms with E-state index in [0.717, 1.165) is 12.1 Å². The van der Waals surface area contributed by atoms with E-state index in [1.807, 2.05) is 18.6 Å². The van der Waals surface area contributed by atoms with Crippen LogP contribution in [0.3, 0.4) is 0 Å². The summed E-state index contributed by atoms with van der Waals surface area (Å²) in [7, 11) is 4.29. The van der Waals surface area contributed by atoms with Crippen LogP contribution in [-0.2, 0) is 20.5 Å². The summed E-state index contributed by atoms with van der Waals surface area (Å²) in [5, 5.41) is 2.62. The lowest BCUT2D eigenvalue weighted by atomic mass is 9.34. The van der Waals surface area contributed by atoms with Crippen LogP contribution < -0.4 is 25.8 Å². The molecule has 4 aromatic rings. The van der Waals surface area contributed by atoms with E-state index in [-0.39, 0.29) is 6.71 Å². The van der Waals surface area contributed by atoms with Crippen LogP contribution in [0.4, 0.5) is 0 Å². The molecule has 0 aliphatic carbocycles. The Labute approximate surface area is 151 Å². The molecule has 6 rings (SSSR count). The molecule has 0 atom stereocenters. The minimum atomic E-state index is 0.189. The van der Waals surface area contributed by atoms with E-state index in [2.05, 4.69) is 64.9 Å². The van der Waals surface area contributed by atoms with Crippen molar-refractivity contribution in [3.05, 3.63) is 66.5 Å². The van der Waals surface area contributed by atoms with Crippen molar-refractivity contribution in [2.45, 2.75) is 6.42 Å². The monoisotopic (exact) mass is 336 g/mol. The normalized spacial score (nSPS) is 13.5. The Bertz CT molecular complexity index is 1250. The number of nitrogens with zero attached hydrogens (tertiary/aromatic N) is 4. The molecular weight excluding hydrogens is 319 g/mol. The first-order valence-corrected chi connectivity index (χ1v) is 8.96. The lowest BCUT2D eigenvalue weighted by Crippen LogP contribution is -2.74. The molecule has 122 valence electrons. The van der Waals surface area contributed by atoms with Crippen LogP contribution in [0.2, 0.25) is 0 Å². The number of aromatic nitrogens is 4. The SMILES string of the molecule is C[n+]1ccnc2c1B1c3c(cncc3-c3cccc4cc[n+](C)c1c34)C2. The van der Waals surface area contributed by atoms with E-state index in [0.29, 0.717) is 0 Å². The molecule has 2 aliphatic heterocycles. The zero-order valence-corrected chi connectivity index (χ0v) is 14.8. The highest BCUT2D eigenvalue weighted by molar-refractivity contribution is 6.97. The van der Waals surface area contributed by atoms with Gasteiger partial charge in [-0.3, -0.25) is 4.98 Å². The van der Waals surface area contributed by atoms with Crippen LogP contribution in [-0.4, -0.2) is 16.7 Å². The summed E-state index contributed by atoms with van der Waals surface area (Å²) in [5.74, 6) is 0. The Morgan fingerprint density at radius 2 is 1.85 bits per heavy atom. The van der Waals surface area contributed by atoms with Crippen LogP contribution in [0.1, 0.15) is 11.3 Å². The van der Waals surface area contributed by atoms with Crippen LogP contribution >= 0.6 is 0 Å². The standard InChI is InChI=1S/C21H17BN4/c1-25-8-6-13-4-3-5-15-16-12-23-11-14-10-17-20(26(2)9-7-24-17)22(19(14)16)21(25)18(13)15/h3-9,11-12H,10H2,1-2H3/q+2. The summed E-state index contributed by atoms with van der Waals surface area (Å²) >= 11 is 0. The Hall–Kier alpha value is -3.08. The van der Waals surface area contributed by atoms with Crippen LogP contribution in [0.15, 0.2) is 55.2 Å². The summed E-state index contributed by atoms with van der Waals surface area (Å²) in [6.45, 7) is 0.189. The van der Waals surface area contributed by atoms with E-state index in [4.69, 9.17) is 4.98 Å². The van der Waals surface area contributed by atoms with Crippen molar-refractivity contribution < 1.29 is 9.13 Å². The fourth-order valence-electron chi connectivity index (χ4n) is 4.89. The first kappa shape index (κ1) is 14.1. The second-order valence-corrected chi connectivity index (χ2v) is 7.32. The topological polar surface area (TPSA) is 33.5 Å². The summed E-state index contributed by atoms with van der Waals surface area (Å²) < 4.78 is 4.53. The molecule has 26 heavy (non-hydrogen) atoms. The Morgan fingerprint density at radius 1 is 0.962 bits per heavy atom. The van der Waals surface area contributed by atoms with Crippen molar-refractivity contribution >= 4 is 34.1 Å². The fraction of sp³-hybridized carbons (Fsp3) is 0.143. The van der Waals surface area contributed by atoms with E-state index in [9.17, 15) is 0 Å². The third kappa shape index (κ3) is 1.61. The predicted octanol–water partition coefficient (Wildman–Crippen LogP) is -0.320. The van der Waals surface area contributed by atoms with E-state index in [1.54, 1.807) is 0 Å². The molecule has 0 saturated heterocycles. The zero-order chi connectivity index (χ0) is 17.4. The summed E-state index contributed by atoms with van der Waals surface area (Å²) in [5.41, 5.74) is 9.06. The van der Waals surface area contributed by atoms with Gasteiger partial charge in [0.1, 0.15) is 19.8 Å². The first-order valence-electron chi connectivity index (χ1n) is 8.96. The van der Waals surface area contributed by atoms with E-state index < -0.39 is 0 Å². The average Bonchev–Trinajstić information content (AvgIpc) is 2.66. The third-order valence-electron chi connectivity index (χ3n) is 5.96. The number of hydrogen-bond acceptors (Lipinski definition) is 2. The molecule has 3 aromatic heterocycles. The highest BCUT2D eigenvalue weighted by Crippen LogP contribution is 2.31. The number of hydrogen-bond donors (Lipinski definition) is 0. The number of aryl methyl sites for hydroxylation is 2. The number of fused-ring (bicyclic) bond motifs is 4. The molecule has 0 saturated carbocycles. The van der Waals surface area contributed by atoms with Gasteiger partial charge in [0.05, 0.1) is 6.20 Å². The fourth-order valence-corrected chi connectivity index (χ4v) is 4.89. The van der Waals surface area contributed by atoms with Gasteiger partial charge in [0, 0.05) is 30.3 Å². The maximum atomic E-state index is 4.72. The van der Waals surface area contributed by atoms with Crippen molar-refractivity contribution in [2.75, 3.05) is 0 Å². The molecule has 5 heterocycles.